The molecule has 2 aromatic carbocycles. The van der Waals surface area contributed by atoms with E-state index in [-0.39, 0.29) is 11.5 Å². The molecule has 0 spiro atoms. The van der Waals surface area contributed by atoms with Gasteiger partial charge in [0.25, 0.3) is 5.91 Å². The molecule has 1 N–H and O–H groups in total. The number of benzene rings is 2. The summed E-state index contributed by atoms with van der Waals surface area (Å²) in [4.78, 5) is 35.8. The smallest absolute Gasteiger partial charge is 0.375 e. The third-order valence-corrected chi connectivity index (χ3v) is 4.40. The monoisotopic (exact) mass is 411 g/mol. The zero-order valence-corrected chi connectivity index (χ0v) is 16.5. The summed E-state index contributed by atoms with van der Waals surface area (Å²) in [5.41, 5.74) is 1.83. The maximum Gasteiger partial charge on any atom is 0.375 e. The molecule has 6 nitrogen and oxygen atoms in total. The van der Waals surface area contributed by atoms with Gasteiger partial charge in [-0.15, -0.1) is 0 Å². The van der Waals surface area contributed by atoms with Gasteiger partial charge in [-0.1, -0.05) is 35.9 Å². The fourth-order valence-electron chi connectivity index (χ4n) is 2.52. The highest BCUT2D eigenvalue weighted by molar-refractivity contribution is 6.30. The fourth-order valence-corrected chi connectivity index (χ4v) is 2.65. The highest BCUT2D eigenvalue weighted by atomic mass is 35.5. The van der Waals surface area contributed by atoms with Gasteiger partial charge in [0.15, 0.2) is 11.9 Å². The lowest BCUT2D eigenvalue weighted by Gasteiger charge is -2.12. The van der Waals surface area contributed by atoms with E-state index in [0.717, 1.165) is 0 Å². The van der Waals surface area contributed by atoms with Crippen LogP contribution in [0.15, 0.2) is 65.1 Å². The van der Waals surface area contributed by atoms with Crippen LogP contribution in [0.5, 0.6) is 0 Å². The van der Waals surface area contributed by atoms with Crippen LogP contribution in [0.2, 0.25) is 5.02 Å². The molecule has 1 atom stereocenters. The standard InChI is InChI=1S/C22H18ClNO5/c1-13(25)15-3-5-16(6-4-15)19-11-12-20(29-19)22(27)28-14(2)21(26)24-18-9-7-17(23)8-10-18/h3-12,14H,1-2H3,(H,24,26)/t14-/m1/s1. The Labute approximate surface area is 172 Å². The molecule has 7 heteroatoms. The molecule has 1 aromatic heterocycles. The van der Waals surface area contributed by atoms with Crippen LogP contribution >= 0.6 is 11.6 Å². The summed E-state index contributed by atoms with van der Waals surface area (Å²) >= 11 is 5.81. The van der Waals surface area contributed by atoms with E-state index in [0.29, 0.717) is 27.6 Å². The van der Waals surface area contributed by atoms with Gasteiger partial charge in [-0.2, -0.15) is 0 Å². The summed E-state index contributed by atoms with van der Waals surface area (Å²) in [7, 11) is 0. The summed E-state index contributed by atoms with van der Waals surface area (Å²) < 4.78 is 10.7. The van der Waals surface area contributed by atoms with Gasteiger partial charge in [-0.3, -0.25) is 9.59 Å². The Morgan fingerprint density at radius 2 is 1.62 bits per heavy atom. The Hall–Kier alpha value is -3.38. The molecule has 0 aliphatic rings. The highest BCUT2D eigenvalue weighted by Gasteiger charge is 2.21. The van der Waals surface area contributed by atoms with Crippen LogP contribution < -0.4 is 5.32 Å². The average molecular weight is 412 g/mol. The summed E-state index contributed by atoms with van der Waals surface area (Å²) in [6.45, 7) is 2.95. The van der Waals surface area contributed by atoms with E-state index in [1.165, 1.54) is 19.9 Å². The van der Waals surface area contributed by atoms with Crippen LogP contribution in [0, 0.1) is 0 Å². The van der Waals surface area contributed by atoms with Crippen molar-refractivity contribution in [2.45, 2.75) is 20.0 Å². The molecule has 1 amide bonds. The molecule has 0 radical (unpaired) electrons. The number of Topliss-reactive ketones (excluding diaryl/α,β-unsaturated/α-hetero) is 1. The molecule has 1 heterocycles. The zero-order valence-electron chi connectivity index (χ0n) is 15.8. The molecule has 0 saturated heterocycles. The molecular formula is C22H18ClNO5. The predicted octanol–water partition coefficient (Wildman–Crippen LogP) is 4.99. The van der Waals surface area contributed by atoms with Crippen molar-refractivity contribution in [3.8, 4) is 11.3 Å². The molecule has 148 valence electrons. The number of carbonyl (C=O) groups is 3. The first kappa shape index (κ1) is 20.4. The summed E-state index contributed by atoms with van der Waals surface area (Å²) in [6.07, 6.45) is -1.03. The first-order chi connectivity index (χ1) is 13.8. The Kier molecular flexibility index (Phi) is 6.14. The predicted molar refractivity (Wildman–Crippen MR) is 109 cm³/mol. The molecule has 3 rings (SSSR count). The maximum atomic E-state index is 12.3. The molecule has 29 heavy (non-hydrogen) atoms. The van der Waals surface area contributed by atoms with E-state index in [1.807, 2.05) is 0 Å². The number of amides is 1. The minimum absolute atomic E-state index is 0.0261. The molecule has 0 fully saturated rings. The molecule has 0 unspecified atom stereocenters. The first-order valence-corrected chi connectivity index (χ1v) is 9.20. The number of hydrogen-bond acceptors (Lipinski definition) is 5. The zero-order chi connectivity index (χ0) is 21.0. The second-order valence-electron chi connectivity index (χ2n) is 6.34. The Morgan fingerprint density at radius 1 is 0.966 bits per heavy atom. The Balaban J connectivity index is 1.62. The van der Waals surface area contributed by atoms with Crippen molar-refractivity contribution < 1.29 is 23.5 Å². The molecule has 0 aliphatic heterocycles. The van der Waals surface area contributed by atoms with Crippen molar-refractivity contribution in [3.63, 3.8) is 0 Å². The number of carbonyl (C=O) groups excluding carboxylic acids is 3. The van der Waals surface area contributed by atoms with Gasteiger partial charge >= 0.3 is 5.97 Å². The van der Waals surface area contributed by atoms with Crippen molar-refractivity contribution in [3.05, 3.63) is 77.0 Å². The molecular weight excluding hydrogens is 394 g/mol. The average Bonchev–Trinajstić information content (AvgIpc) is 3.20. The number of ether oxygens (including phenoxy) is 1. The third kappa shape index (κ3) is 5.12. The van der Waals surface area contributed by atoms with Gasteiger partial charge in [0.2, 0.25) is 5.76 Å². The van der Waals surface area contributed by atoms with Gasteiger partial charge in [0.05, 0.1) is 0 Å². The van der Waals surface area contributed by atoms with Crippen LogP contribution in [-0.2, 0) is 9.53 Å². The lowest BCUT2D eigenvalue weighted by atomic mass is 10.1. The van der Waals surface area contributed by atoms with Crippen molar-refractivity contribution in [2.75, 3.05) is 5.32 Å². The number of rotatable bonds is 6. The van der Waals surface area contributed by atoms with Crippen molar-refractivity contribution in [2.24, 2.45) is 0 Å². The van der Waals surface area contributed by atoms with Crippen LogP contribution in [0.1, 0.15) is 34.8 Å². The number of hydrogen-bond donors (Lipinski definition) is 1. The number of esters is 1. The van der Waals surface area contributed by atoms with Gasteiger partial charge in [0.1, 0.15) is 5.76 Å². The normalized spacial score (nSPS) is 11.6. The third-order valence-electron chi connectivity index (χ3n) is 4.15. The second-order valence-corrected chi connectivity index (χ2v) is 6.78. The second kappa shape index (κ2) is 8.75. The lowest BCUT2D eigenvalue weighted by molar-refractivity contribution is -0.123. The number of halogens is 1. The van der Waals surface area contributed by atoms with Crippen LogP contribution in [0.4, 0.5) is 5.69 Å². The lowest BCUT2D eigenvalue weighted by Crippen LogP contribution is -2.29. The number of anilines is 1. The molecule has 0 aliphatic carbocycles. The van der Waals surface area contributed by atoms with E-state index in [9.17, 15) is 14.4 Å². The number of nitrogens with one attached hydrogen (secondary N) is 1. The highest BCUT2D eigenvalue weighted by Crippen LogP contribution is 2.23. The minimum Gasteiger partial charge on any atom is -0.449 e. The van der Waals surface area contributed by atoms with Crippen LogP contribution in [-0.4, -0.2) is 23.8 Å². The van der Waals surface area contributed by atoms with E-state index in [4.69, 9.17) is 20.8 Å². The molecule has 0 bridgehead atoms. The quantitative estimate of drug-likeness (QED) is 0.456. The van der Waals surface area contributed by atoms with Gasteiger partial charge in [-0.25, -0.2) is 4.79 Å². The van der Waals surface area contributed by atoms with Crippen molar-refractivity contribution in [1.82, 2.24) is 0 Å². The molecule has 0 saturated carbocycles. The van der Waals surface area contributed by atoms with Gasteiger partial charge < -0.3 is 14.5 Å². The van der Waals surface area contributed by atoms with E-state index in [1.54, 1.807) is 54.6 Å². The van der Waals surface area contributed by atoms with Gasteiger partial charge in [0, 0.05) is 21.8 Å². The van der Waals surface area contributed by atoms with Crippen LogP contribution in [0.3, 0.4) is 0 Å². The van der Waals surface area contributed by atoms with E-state index in [2.05, 4.69) is 5.32 Å². The SMILES string of the molecule is CC(=O)c1ccc(-c2ccc(C(=O)O[C@H](C)C(=O)Nc3ccc(Cl)cc3)o2)cc1. The van der Waals surface area contributed by atoms with Crippen LogP contribution in [0.25, 0.3) is 11.3 Å². The van der Waals surface area contributed by atoms with E-state index < -0.39 is 18.0 Å². The fraction of sp³-hybridized carbons (Fsp3) is 0.136. The topological polar surface area (TPSA) is 85.6 Å². The summed E-state index contributed by atoms with van der Waals surface area (Å²) in [5, 5.41) is 3.19. The van der Waals surface area contributed by atoms with E-state index >= 15 is 0 Å². The molecule has 3 aromatic rings. The minimum atomic E-state index is -1.03. The first-order valence-electron chi connectivity index (χ1n) is 8.82. The summed E-state index contributed by atoms with van der Waals surface area (Å²) in [6, 6.07) is 16.5. The summed E-state index contributed by atoms with van der Waals surface area (Å²) in [5.74, 6) is -0.846. The largest absolute Gasteiger partial charge is 0.449 e. The van der Waals surface area contributed by atoms with Crippen molar-refractivity contribution >= 4 is 34.9 Å². The Bertz CT molecular complexity index is 1040. The number of ketones is 1. The van der Waals surface area contributed by atoms with Gasteiger partial charge in [-0.05, 0) is 50.2 Å². The van der Waals surface area contributed by atoms with Crippen molar-refractivity contribution in [1.29, 1.82) is 0 Å². The number of furan rings is 1. The maximum absolute atomic E-state index is 12.3. The Morgan fingerprint density at radius 3 is 2.24 bits per heavy atom.